The van der Waals surface area contributed by atoms with Gasteiger partial charge in [-0.3, -0.25) is 14.9 Å². The zero-order valence-corrected chi connectivity index (χ0v) is 13.2. The first kappa shape index (κ1) is 16.5. The molecule has 2 rings (SSSR count). The molecule has 1 amide bonds. The Morgan fingerprint density at radius 2 is 1.74 bits per heavy atom. The quantitative estimate of drug-likeness (QED) is 0.675. The van der Waals surface area contributed by atoms with E-state index in [4.69, 9.17) is 4.74 Å². The van der Waals surface area contributed by atoms with Crippen LogP contribution in [0.4, 0.5) is 11.4 Å². The number of rotatable bonds is 5. The second-order valence-electron chi connectivity index (χ2n) is 5.24. The van der Waals surface area contributed by atoms with Crippen LogP contribution in [0.15, 0.2) is 42.5 Å². The normalized spacial score (nSPS) is 11.6. The Kier molecular flexibility index (Phi) is 4.95. The van der Waals surface area contributed by atoms with Crippen molar-refractivity contribution in [2.45, 2.75) is 26.9 Å². The molecule has 2 aromatic rings. The van der Waals surface area contributed by atoms with Crippen LogP contribution in [0.5, 0.6) is 5.75 Å². The smallest absolute Gasteiger partial charge is 0.310 e. The van der Waals surface area contributed by atoms with Crippen LogP contribution in [0.1, 0.15) is 18.1 Å². The van der Waals surface area contributed by atoms with Crippen molar-refractivity contribution in [1.29, 1.82) is 0 Å². The molecule has 0 bridgehead atoms. The molecule has 6 nitrogen and oxygen atoms in total. The van der Waals surface area contributed by atoms with Crippen molar-refractivity contribution >= 4 is 17.3 Å². The topological polar surface area (TPSA) is 81.5 Å². The third kappa shape index (κ3) is 3.85. The van der Waals surface area contributed by atoms with Gasteiger partial charge in [0.1, 0.15) is 0 Å². The van der Waals surface area contributed by atoms with Crippen molar-refractivity contribution in [3.63, 3.8) is 0 Å². The fourth-order valence-corrected chi connectivity index (χ4v) is 2.19. The van der Waals surface area contributed by atoms with E-state index in [1.807, 2.05) is 32.0 Å². The number of aryl methyl sites for hydroxylation is 2. The summed E-state index contributed by atoms with van der Waals surface area (Å²) in [7, 11) is 0. The number of carbonyl (C=O) groups is 1. The van der Waals surface area contributed by atoms with Crippen molar-refractivity contribution in [1.82, 2.24) is 0 Å². The predicted molar refractivity (Wildman–Crippen MR) is 87.7 cm³/mol. The lowest BCUT2D eigenvalue weighted by atomic mass is 10.1. The summed E-state index contributed by atoms with van der Waals surface area (Å²) in [5, 5.41) is 13.8. The second-order valence-corrected chi connectivity index (χ2v) is 5.24. The predicted octanol–water partition coefficient (Wildman–Crippen LogP) is 3.62. The van der Waals surface area contributed by atoms with Crippen LogP contribution in [-0.2, 0) is 4.79 Å². The van der Waals surface area contributed by atoms with Crippen molar-refractivity contribution < 1.29 is 14.5 Å². The van der Waals surface area contributed by atoms with Gasteiger partial charge in [0, 0.05) is 11.8 Å². The van der Waals surface area contributed by atoms with Gasteiger partial charge in [-0.05, 0) is 38.0 Å². The molecule has 0 saturated carbocycles. The molecule has 2 aromatic carbocycles. The molecule has 0 aliphatic heterocycles. The van der Waals surface area contributed by atoms with Crippen LogP contribution in [0.2, 0.25) is 0 Å². The summed E-state index contributed by atoms with van der Waals surface area (Å²) in [4.78, 5) is 22.7. The zero-order valence-electron chi connectivity index (χ0n) is 13.2. The molecule has 23 heavy (non-hydrogen) atoms. The van der Waals surface area contributed by atoms with Gasteiger partial charge in [0.25, 0.3) is 5.91 Å². The minimum absolute atomic E-state index is 0.0710. The fraction of sp³-hybridized carbons (Fsp3) is 0.235. The van der Waals surface area contributed by atoms with E-state index in [1.165, 1.54) is 12.1 Å². The lowest BCUT2D eigenvalue weighted by Gasteiger charge is -2.17. The SMILES string of the molecule is Cc1cccc(C)c1NC(=O)C(C)Oc1ccccc1[N+](=O)[O-]. The van der Waals surface area contributed by atoms with Gasteiger partial charge in [0.15, 0.2) is 11.9 Å². The highest BCUT2D eigenvalue weighted by Gasteiger charge is 2.21. The average molecular weight is 314 g/mol. The van der Waals surface area contributed by atoms with Crippen molar-refractivity contribution in [3.8, 4) is 5.75 Å². The summed E-state index contributed by atoms with van der Waals surface area (Å²) < 4.78 is 5.47. The third-order valence-corrected chi connectivity index (χ3v) is 3.46. The number of nitro groups is 1. The van der Waals surface area contributed by atoms with Crippen LogP contribution >= 0.6 is 0 Å². The van der Waals surface area contributed by atoms with Crippen molar-refractivity contribution in [2.24, 2.45) is 0 Å². The Morgan fingerprint density at radius 3 is 2.35 bits per heavy atom. The fourth-order valence-electron chi connectivity index (χ4n) is 2.19. The maximum absolute atomic E-state index is 12.3. The van der Waals surface area contributed by atoms with E-state index in [1.54, 1.807) is 19.1 Å². The zero-order chi connectivity index (χ0) is 17.0. The Hall–Kier alpha value is -2.89. The highest BCUT2D eigenvalue weighted by Crippen LogP contribution is 2.27. The Labute approximate surface area is 134 Å². The number of nitro benzene ring substituents is 1. The van der Waals surface area contributed by atoms with Gasteiger partial charge >= 0.3 is 5.69 Å². The summed E-state index contributed by atoms with van der Waals surface area (Å²) in [6.07, 6.45) is -0.866. The van der Waals surface area contributed by atoms with Gasteiger partial charge in [0.2, 0.25) is 0 Å². The number of hydrogen-bond acceptors (Lipinski definition) is 4. The number of anilines is 1. The molecule has 0 heterocycles. The Bertz CT molecular complexity index is 723. The molecule has 0 aromatic heterocycles. The molecule has 6 heteroatoms. The largest absolute Gasteiger partial charge is 0.474 e. The molecule has 0 saturated heterocycles. The third-order valence-electron chi connectivity index (χ3n) is 3.46. The molecule has 120 valence electrons. The van der Waals surface area contributed by atoms with Crippen LogP contribution in [0, 0.1) is 24.0 Å². The minimum Gasteiger partial charge on any atom is -0.474 e. The maximum Gasteiger partial charge on any atom is 0.310 e. The van der Waals surface area contributed by atoms with E-state index in [2.05, 4.69) is 5.32 Å². The number of ether oxygens (including phenoxy) is 1. The molecule has 0 aliphatic carbocycles. The van der Waals surface area contributed by atoms with Crippen molar-refractivity contribution in [3.05, 3.63) is 63.7 Å². The maximum atomic E-state index is 12.3. The highest BCUT2D eigenvalue weighted by molar-refractivity contribution is 5.95. The summed E-state index contributed by atoms with van der Waals surface area (Å²) in [5.74, 6) is -0.290. The van der Waals surface area contributed by atoms with Crippen LogP contribution in [0.3, 0.4) is 0 Å². The van der Waals surface area contributed by atoms with Gasteiger partial charge in [0.05, 0.1) is 4.92 Å². The number of para-hydroxylation sites is 3. The van der Waals surface area contributed by atoms with E-state index in [0.29, 0.717) is 0 Å². The minimum atomic E-state index is -0.866. The second kappa shape index (κ2) is 6.91. The molecule has 0 aliphatic rings. The Morgan fingerprint density at radius 1 is 1.13 bits per heavy atom. The highest BCUT2D eigenvalue weighted by atomic mass is 16.6. The summed E-state index contributed by atoms with van der Waals surface area (Å²) in [5.41, 5.74) is 2.45. The van der Waals surface area contributed by atoms with Crippen LogP contribution in [-0.4, -0.2) is 16.9 Å². The summed E-state index contributed by atoms with van der Waals surface area (Å²) in [6.45, 7) is 5.35. The Balaban J connectivity index is 2.14. The van der Waals surface area contributed by atoms with Gasteiger partial charge in [-0.2, -0.15) is 0 Å². The van der Waals surface area contributed by atoms with E-state index in [9.17, 15) is 14.9 Å². The standard InChI is InChI=1S/C17H18N2O4/c1-11-7-6-8-12(2)16(11)18-17(20)13(3)23-15-10-5-4-9-14(15)19(21)22/h4-10,13H,1-3H3,(H,18,20). The van der Waals surface area contributed by atoms with Gasteiger partial charge in [-0.25, -0.2) is 0 Å². The summed E-state index contributed by atoms with van der Waals surface area (Å²) in [6, 6.07) is 11.7. The molecule has 1 atom stereocenters. The number of carbonyl (C=O) groups excluding carboxylic acids is 1. The number of hydrogen-bond donors (Lipinski definition) is 1. The molecule has 1 N–H and O–H groups in total. The van der Waals surface area contributed by atoms with E-state index < -0.39 is 11.0 Å². The molecule has 1 unspecified atom stereocenters. The van der Waals surface area contributed by atoms with E-state index in [0.717, 1.165) is 16.8 Å². The first-order chi connectivity index (χ1) is 10.9. The van der Waals surface area contributed by atoms with Gasteiger partial charge < -0.3 is 10.1 Å². The lowest BCUT2D eigenvalue weighted by Crippen LogP contribution is -2.30. The van der Waals surface area contributed by atoms with Crippen LogP contribution in [0.25, 0.3) is 0 Å². The molecular weight excluding hydrogens is 296 g/mol. The van der Waals surface area contributed by atoms with Crippen LogP contribution < -0.4 is 10.1 Å². The van der Waals surface area contributed by atoms with Gasteiger partial charge in [-0.1, -0.05) is 30.3 Å². The lowest BCUT2D eigenvalue weighted by molar-refractivity contribution is -0.386. The number of nitrogens with one attached hydrogen (secondary N) is 1. The van der Waals surface area contributed by atoms with E-state index >= 15 is 0 Å². The first-order valence-corrected chi connectivity index (χ1v) is 7.17. The monoisotopic (exact) mass is 314 g/mol. The summed E-state index contributed by atoms with van der Waals surface area (Å²) >= 11 is 0. The average Bonchev–Trinajstić information content (AvgIpc) is 2.51. The van der Waals surface area contributed by atoms with Crippen molar-refractivity contribution in [2.75, 3.05) is 5.32 Å². The first-order valence-electron chi connectivity index (χ1n) is 7.17. The molecular formula is C17H18N2O4. The number of benzene rings is 2. The number of nitrogens with zero attached hydrogens (tertiary/aromatic N) is 1. The number of amides is 1. The molecule has 0 spiro atoms. The molecule has 0 radical (unpaired) electrons. The van der Waals surface area contributed by atoms with E-state index in [-0.39, 0.29) is 17.3 Å². The molecule has 0 fully saturated rings. The van der Waals surface area contributed by atoms with Gasteiger partial charge in [-0.15, -0.1) is 0 Å².